The largest absolute Gasteiger partial charge is 0.496 e. The lowest BCUT2D eigenvalue weighted by molar-refractivity contribution is 0.411. The van der Waals surface area contributed by atoms with E-state index in [0.29, 0.717) is 11.1 Å². The maximum atomic E-state index is 12.6. The zero-order valence-corrected chi connectivity index (χ0v) is 57.8. The Labute approximate surface area is 535 Å². The zero-order chi connectivity index (χ0) is 65.8. The van der Waals surface area contributed by atoms with Crippen LogP contribution in [-0.4, -0.2) is 17.1 Å². The van der Waals surface area contributed by atoms with Gasteiger partial charge in [0, 0.05) is 33.8 Å². The van der Waals surface area contributed by atoms with E-state index in [0.717, 1.165) is 49.4 Å². The fraction of sp³-hybridized carbons (Fsp3) is 0.275. The lowest BCUT2D eigenvalue weighted by Crippen LogP contribution is -1.86. The van der Waals surface area contributed by atoms with Crippen molar-refractivity contribution in [1.29, 1.82) is 0 Å². The molecule has 0 aliphatic rings. The van der Waals surface area contributed by atoms with Crippen LogP contribution < -0.4 is 4.74 Å². The molecular weight excluding hydrogens is 1110 g/mol. The van der Waals surface area contributed by atoms with E-state index in [9.17, 15) is 8.78 Å². The molecule has 0 saturated heterocycles. The Morgan fingerprint density at radius 1 is 0.264 bits per heavy atom. The van der Waals surface area contributed by atoms with Crippen molar-refractivity contribution in [2.45, 2.75) is 145 Å². The summed E-state index contributed by atoms with van der Waals surface area (Å²) in [6.45, 7) is 42.3. The topological polar surface area (TPSA) is 35.0 Å². The summed E-state index contributed by atoms with van der Waals surface area (Å²) in [4.78, 5) is 8.16. The zero-order valence-electron chi connectivity index (χ0n) is 56.3. The molecule has 0 N–H and O–H groups in total. The highest BCUT2D eigenvalue weighted by Gasteiger charge is 1.97. The first-order chi connectivity index (χ1) is 40.9. The highest BCUT2D eigenvalue weighted by atomic mass is 35.5. The van der Waals surface area contributed by atoms with E-state index in [1.165, 1.54) is 84.5 Å². The number of hydrogen-bond acceptors (Lipinski definition) is 3. The number of hydrogen-bond donors (Lipinski definition) is 0. The van der Waals surface area contributed by atoms with Gasteiger partial charge in [-0.2, -0.15) is 0 Å². The predicted octanol–water partition coefficient (Wildman–Crippen LogP) is 23.7. The SMILES string of the molecule is COc1cc(C)ccc1C.Cc1ccc(C)c(C)c1.Cc1ccc(C)c(Cl)c1.Cc1ccc(C)c(Cl)c1.Cc1ccc(C)c(F)c1.Cc1ccc(C)c(F)c1.Cc1ccc(C)cc1.Cc1ccc(C)nc1.Cc1ccc(C)nc1.Cc1cccc(C)c1. The third-order valence-corrected chi connectivity index (χ3v) is 13.9. The molecule has 87 heavy (non-hydrogen) atoms. The molecule has 2 aromatic heterocycles. The Morgan fingerprint density at radius 2 is 0.552 bits per heavy atom. The number of methoxy groups -OCH3 is 1. The van der Waals surface area contributed by atoms with Crippen LogP contribution in [0.5, 0.6) is 5.75 Å². The molecule has 0 saturated carbocycles. The van der Waals surface area contributed by atoms with Gasteiger partial charge in [0.05, 0.1) is 7.11 Å². The van der Waals surface area contributed by atoms with Gasteiger partial charge in [0.1, 0.15) is 17.4 Å². The molecule has 10 aromatic rings. The standard InChI is InChI=1S/C9H12O.C9H12.2C8H9Cl.2C8H9F.2C8H10.2C7H9N/c1-7-4-5-8(2)9(6-7)10-3;1-7-4-5-8(2)9(3)6-7;4*1-6-3-4-7(2)8(9)5-6;1-7-3-5-8(2)6-4-7;1-7-4-3-5-8(2)6-7;2*1-6-3-4-7(2)8-5-6/h4-6H,1-3H3;4-6H,1-3H3;4*3-5H,1-2H3;2*3-6H,1-2H3;2*3-5H,1-2H3. The molecule has 0 bridgehead atoms. The first-order valence-electron chi connectivity index (χ1n) is 29.3. The van der Waals surface area contributed by atoms with E-state index in [1.54, 1.807) is 33.1 Å². The predicted molar refractivity (Wildman–Crippen MR) is 376 cm³/mol. The quantitative estimate of drug-likeness (QED) is 0.164. The normalized spacial score (nSPS) is 9.49. The molecular formula is C80H98Cl2F2N2O. The number of nitrogens with zero attached hydrogens (tertiary/aromatic N) is 2. The summed E-state index contributed by atoms with van der Waals surface area (Å²) in [5.41, 5.74) is 24.5. The Kier molecular flexibility index (Phi) is 37.5. The molecule has 3 nitrogen and oxygen atoms in total. The van der Waals surface area contributed by atoms with Crippen LogP contribution in [0.3, 0.4) is 0 Å². The Bertz CT molecular complexity index is 3080. The summed E-state index contributed by atoms with van der Waals surface area (Å²) in [6, 6.07) is 60.3. The smallest absolute Gasteiger partial charge is 0.126 e. The fourth-order valence-electron chi connectivity index (χ4n) is 7.14. The average molecular weight is 1210 g/mol. The number of benzene rings is 8. The number of aryl methyl sites for hydroxylation is 21. The van der Waals surface area contributed by atoms with Gasteiger partial charge in [-0.05, 0) is 266 Å². The van der Waals surface area contributed by atoms with Gasteiger partial charge in [-0.15, -0.1) is 0 Å². The Balaban J connectivity index is 0.000000484. The summed E-state index contributed by atoms with van der Waals surface area (Å²) < 4.78 is 30.3. The van der Waals surface area contributed by atoms with Crippen LogP contribution in [0.4, 0.5) is 8.78 Å². The summed E-state index contributed by atoms with van der Waals surface area (Å²) >= 11 is 11.6. The molecule has 10 rings (SSSR count). The number of rotatable bonds is 1. The van der Waals surface area contributed by atoms with Gasteiger partial charge in [-0.25, -0.2) is 8.78 Å². The van der Waals surface area contributed by atoms with Crippen LogP contribution in [0.15, 0.2) is 194 Å². The van der Waals surface area contributed by atoms with E-state index < -0.39 is 0 Å². The molecule has 462 valence electrons. The molecule has 0 fully saturated rings. The van der Waals surface area contributed by atoms with Crippen LogP contribution in [-0.2, 0) is 0 Å². The van der Waals surface area contributed by atoms with Gasteiger partial charge in [-0.1, -0.05) is 191 Å². The highest BCUT2D eigenvalue weighted by Crippen LogP contribution is 2.19. The van der Waals surface area contributed by atoms with Gasteiger partial charge >= 0.3 is 0 Å². The first-order valence-corrected chi connectivity index (χ1v) is 30.1. The van der Waals surface area contributed by atoms with E-state index in [4.69, 9.17) is 27.9 Å². The van der Waals surface area contributed by atoms with Crippen LogP contribution in [0.25, 0.3) is 0 Å². The van der Waals surface area contributed by atoms with Gasteiger partial charge < -0.3 is 4.74 Å². The second-order valence-electron chi connectivity index (χ2n) is 22.3. The lowest BCUT2D eigenvalue weighted by atomic mass is 10.1. The molecule has 0 atom stereocenters. The molecule has 0 aliphatic heterocycles. The molecule has 0 amide bonds. The van der Waals surface area contributed by atoms with E-state index in [2.05, 4.69) is 168 Å². The maximum absolute atomic E-state index is 12.6. The average Bonchev–Trinajstić information content (AvgIpc) is 3.49. The van der Waals surface area contributed by atoms with Gasteiger partial charge in [0.25, 0.3) is 0 Å². The third-order valence-electron chi connectivity index (χ3n) is 13.0. The van der Waals surface area contributed by atoms with Crippen molar-refractivity contribution in [1.82, 2.24) is 9.97 Å². The van der Waals surface area contributed by atoms with Crippen molar-refractivity contribution >= 4 is 23.2 Å². The summed E-state index contributed by atoms with van der Waals surface area (Å²) in [5.74, 6) is 0.741. The second-order valence-corrected chi connectivity index (χ2v) is 23.2. The van der Waals surface area contributed by atoms with Crippen molar-refractivity contribution in [3.63, 3.8) is 0 Å². The fourth-order valence-corrected chi connectivity index (χ4v) is 7.61. The maximum Gasteiger partial charge on any atom is 0.126 e. The van der Waals surface area contributed by atoms with Gasteiger partial charge in [-0.3, -0.25) is 9.97 Å². The highest BCUT2D eigenvalue weighted by molar-refractivity contribution is 6.31. The lowest BCUT2D eigenvalue weighted by Gasteiger charge is -2.03. The summed E-state index contributed by atoms with van der Waals surface area (Å²) in [6.07, 6.45) is 3.74. The minimum Gasteiger partial charge on any atom is -0.496 e. The van der Waals surface area contributed by atoms with Crippen LogP contribution in [0.2, 0.25) is 10.0 Å². The summed E-state index contributed by atoms with van der Waals surface area (Å²) in [7, 11) is 1.70. The van der Waals surface area contributed by atoms with E-state index in [-0.39, 0.29) is 11.6 Å². The van der Waals surface area contributed by atoms with E-state index >= 15 is 0 Å². The molecule has 2 heterocycles. The molecule has 8 aromatic carbocycles. The third kappa shape index (κ3) is 36.1. The van der Waals surface area contributed by atoms with Crippen molar-refractivity contribution in [3.8, 4) is 5.75 Å². The van der Waals surface area contributed by atoms with Gasteiger partial charge in [0.2, 0.25) is 0 Å². The Morgan fingerprint density at radius 3 is 0.793 bits per heavy atom. The van der Waals surface area contributed by atoms with Crippen molar-refractivity contribution in [2.75, 3.05) is 7.11 Å². The summed E-state index contributed by atoms with van der Waals surface area (Å²) in [5, 5.41) is 1.71. The molecule has 0 unspecified atom stereocenters. The molecule has 0 radical (unpaired) electrons. The number of aromatic nitrogens is 2. The monoisotopic (exact) mass is 1210 g/mol. The number of pyridine rings is 2. The molecule has 0 aliphatic carbocycles. The molecule has 7 heteroatoms. The second kappa shape index (κ2) is 42.2. The number of halogens is 4. The minimum atomic E-state index is -0.116. The van der Waals surface area contributed by atoms with Crippen molar-refractivity contribution in [3.05, 3.63) is 333 Å². The first kappa shape index (κ1) is 77.3. The van der Waals surface area contributed by atoms with Crippen LogP contribution in [0.1, 0.15) is 117 Å². The van der Waals surface area contributed by atoms with Crippen LogP contribution in [0, 0.1) is 157 Å². The van der Waals surface area contributed by atoms with Crippen molar-refractivity contribution < 1.29 is 13.5 Å². The van der Waals surface area contributed by atoms with Crippen LogP contribution >= 0.6 is 23.2 Å². The Hall–Kier alpha value is -7.70. The number of ether oxygens (including phenoxy) is 1. The van der Waals surface area contributed by atoms with Crippen molar-refractivity contribution in [2.24, 2.45) is 0 Å². The minimum absolute atomic E-state index is 0.116. The van der Waals surface area contributed by atoms with E-state index in [1.807, 2.05) is 143 Å². The van der Waals surface area contributed by atoms with Gasteiger partial charge in [0.15, 0.2) is 0 Å². The molecule has 0 spiro atoms.